The van der Waals surface area contributed by atoms with Crippen molar-refractivity contribution in [2.24, 2.45) is 10.9 Å². The second-order valence-electron chi connectivity index (χ2n) is 3.42. The molecular formula is C9H12N3NaO. The van der Waals surface area contributed by atoms with Gasteiger partial charge in [-0.25, -0.2) is 0 Å². The van der Waals surface area contributed by atoms with Crippen LogP contribution in [0, 0.1) is 5.92 Å². The third kappa shape index (κ3) is 2.25. The van der Waals surface area contributed by atoms with Crippen molar-refractivity contribution < 1.29 is 34.4 Å². The van der Waals surface area contributed by atoms with Gasteiger partial charge in [-0.3, -0.25) is 4.99 Å². The summed E-state index contributed by atoms with van der Waals surface area (Å²) in [6, 6.07) is -0.384. The molecule has 0 radical (unpaired) electrons. The Morgan fingerprint density at radius 2 is 2.43 bits per heavy atom. The van der Waals surface area contributed by atoms with E-state index in [1.807, 2.05) is 6.08 Å². The van der Waals surface area contributed by atoms with Crippen molar-refractivity contribution in [2.45, 2.75) is 12.5 Å². The molecule has 70 valence electrons. The van der Waals surface area contributed by atoms with Gasteiger partial charge in [-0.2, -0.15) is 0 Å². The van der Waals surface area contributed by atoms with Crippen LogP contribution in [0.4, 0.5) is 0 Å². The SMILES string of the molecule is [NH-]C(=O)C1NCCC2CN=CC=C21.[Na+]. The molecule has 1 saturated heterocycles. The molecule has 2 aliphatic heterocycles. The van der Waals surface area contributed by atoms with E-state index >= 15 is 0 Å². The number of hydrogen-bond donors (Lipinski definition) is 1. The van der Waals surface area contributed by atoms with E-state index in [2.05, 4.69) is 10.3 Å². The molecule has 0 bridgehead atoms. The number of amides is 1. The van der Waals surface area contributed by atoms with Gasteiger partial charge < -0.3 is 15.8 Å². The van der Waals surface area contributed by atoms with Crippen LogP contribution in [-0.2, 0) is 4.79 Å². The van der Waals surface area contributed by atoms with Crippen molar-refractivity contribution in [1.82, 2.24) is 5.32 Å². The topological polar surface area (TPSA) is 65.3 Å². The minimum atomic E-state index is -0.536. The normalized spacial score (nSPS) is 29.9. The summed E-state index contributed by atoms with van der Waals surface area (Å²) >= 11 is 0. The Morgan fingerprint density at radius 1 is 1.64 bits per heavy atom. The Balaban J connectivity index is 0.000000980. The Morgan fingerprint density at radius 3 is 3.14 bits per heavy atom. The van der Waals surface area contributed by atoms with E-state index < -0.39 is 5.91 Å². The van der Waals surface area contributed by atoms with Crippen molar-refractivity contribution >= 4 is 12.1 Å². The van der Waals surface area contributed by atoms with Gasteiger partial charge in [-0.1, -0.05) is 0 Å². The predicted molar refractivity (Wildman–Crippen MR) is 50.7 cm³/mol. The average molecular weight is 201 g/mol. The number of carbonyl (C=O) groups excluding carboxylic acids is 1. The summed E-state index contributed by atoms with van der Waals surface area (Å²) < 4.78 is 0. The zero-order valence-electron chi connectivity index (χ0n) is 8.29. The number of piperidine rings is 1. The fraction of sp³-hybridized carbons (Fsp3) is 0.556. The Hall–Kier alpha value is -0.160. The van der Waals surface area contributed by atoms with Gasteiger partial charge in [-0.15, -0.1) is 0 Å². The minimum Gasteiger partial charge on any atom is -0.666 e. The number of allylic oxidation sites excluding steroid dienone is 1. The fourth-order valence-electron chi connectivity index (χ4n) is 1.92. The monoisotopic (exact) mass is 201 g/mol. The van der Waals surface area contributed by atoms with Crippen molar-refractivity contribution in [3.63, 3.8) is 0 Å². The number of rotatable bonds is 1. The van der Waals surface area contributed by atoms with Crippen LogP contribution >= 0.6 is 0 Å². The number of nitrogens with one attached hydrogen (secondary N) is 2. The molecule has 0 spiro atoms. The minimum absolute atomic E-state index is 0. The van der Waals surface area contributed by atoms with Gasteiger partial charge in [0.2, 0.25) is 0 Å². The van der Waals surface area contributed by atoms with Crippen LogP contribution in [-0.4, -0.2) is 31.3 Å². The molecule has 4 nitrogen and oxygen atoms in total. The van der Waals surface area contributed by atoms with Crippen LogP contribution in [0.3, 0.4) is 0 Å². The number of nitrogens with zero attached hydrogens (tertiary/aromatic N) is 1. The zero-order valence-corrected chi connectivity index (χ0v) is 10.3. The second-order valence-corrected chi connectivity index (χ2v) is 3.42. The molecule has 0 aromatic heterocycles. The molecule has 1 fully saturated rings. The number of dihydropyridines is 1. The van der Waals surface area contributed by atoms with Crippen molar-refractivity contribution in [3.8, 4) is 0 Å². The van der Waals surface area contributed by atoms with Crippen molar-refractivity contribution in [2.75, 3.05) is 13.1 Å². The van der Waals surface area contributed by atoms with Gasteiger partial charge in [0.25, 0.3) is 0 Å². The molecule has 2 rings (SSSR count). The summed E-state index contributed by atoms with van der Waals surface area (Å²) in [5.74, 6) is -0.156. The standard InChI is InChI=1S/C9H13N3O.Na/c10-9(13)8-7-2-3-11-5-6(7)1-4-12-8;/h2-3,6,8,12H,1,4-5H2,(H2,10,13);/q;+1/p-1. The molecule has 0 saturated carbocycles. The van der Waals surface area contributed by atoms with Gasteiger partial charge in [0.05, 0.1) is 11.9 Å². The van der Waals surface area contributed by atoms with Crippen LogP contribution in [0.1, 0.15) is 6.42 Å². The maximum absolute atomic E-state index is 11.0. The molecule has 0 aliphatic carbocycles. The van der Waals surface area contributed by atoms with E-state index in [9.17, 15) is 4.79 Å². The maximum Gasteiger partial charge on any atom is 1.00 e. The Kier molecular flexibility index (Phi) is 4.31. The van der Waals surface area contributed by atoms with E-state index in [0.29, 0.717) is 5.92 Å². The third-order valence-corrected chi connectivity index (χ3v) is 2.61. The molecule has 2 aliphatic rings. The van der Waals surface area contributed by atoms with E-state index in [4.69, 9.17) is 5.73 Å². The Bertz CT molecular complexity index is 288. The molecule has 2 heterocycles. The Labute approximate surface area is 105 Å². The quantitative estimate of drug-likeness (QED) is 0.479. The van der Waals surface area contributed by atoms with Crippen LogP contribution in [0.5, 0.6) is 0 Å². The zero-order chi connectivity index (χ0) is 9.26. The molecule has 2 atom stereocenters. The number of hydrogen-bond acceptors (Lipinski definition) is 3. The number of aliphatic imine (C=N–C) groups is 1. The van der Waals surface area contributed by atoms with Gasteiger partial charge >= 0.3 is 29.6 Å². The summed E-state index contributed by atoms with van der Waals surface area (Å²) in [6.07, 6.45) is 4.62. The van der Waals surface area contributed by atoms with Crippen LogP contribution in [0.25, 0.3) is 5.73 Å². The first kappa shape index (κ1) is 11.9. The van der Waals surface area contributed by atoms with Crippen molar-refractivity contribution in [3.05, 3.63) is 17.4 Å². The molecule has 2 unspecified atom stereocenters. The molecular weight excluding hydrogens is 189 g/mol. The van der Waals surface area contributed by atoms with Gasteiger partial charge in [-0.05, 0) is 24.6 Å². The van der Waals surface area contributed by atoms with Crippen LogP contribution < -0.4 is 34.9 Å². The summed E-state index contributed by atoms with van der Waals surface area (Å²) in [5, 5.41) is 3.05. The second kappa shape index (κ2) is 5.07. The first-order valence-electron chi connectivity index (χ1n) is 4.48. The number of fused-ring (bicyclic) bond motifs is 1. The average Bonchev–Trinajstić information content (AvgIpc) is 2.17. The van der Waals surface area contributed by atoms with Crippen LogP contribution in [0.15, 0.2) is 16.6 Å². The molecule has 5 heteroatoms. The van der Waals surface area contributed by atoms with E-state index in [1.54, 1.807) is 6.21 Å². The maximum atomic E-state index is 11.0. The first-order chi connectivity index (χ1) is 6.29. The molecule has 1 amide bonds. The van der Waals surface area contributed by atoms with Gasteiger partial charge in [0, 0.05) is 18.7 Å². The van der Waals surface area contributed by atoms with E-state index in [-0.39, 0.29) is 35.6 Å². The van der Waals surface area contributed by atoms with Crippen LogP contribution in [0.2, 0.25) is 0 Å². The largest absolute Gasteiger partial charge is 1.00 e. The summed E-state index contributed by atoms with van der Waals surface area (Å²) in [7, 11) is 0. The molecule has 0 aromatic carbocycles. The smallest absolute Gasteiger partial charge is 0.666 e. The van der Waals surface area contributed by atoms with E-state index in [0.717, 1.165) is 25.1 Å². The molecule has 2 N–H and O–H groups in total. The molecule has 0 aromatic rings. The summed E-state index contributed by atoms with van der Waals surface area (Å²) in [4.78, 5) is 15.1. The molecule has 14 heavy (non-hydrogen) atoms. The third-order valence-electron chi connectivity index (χ3n) is 2.61. The predicted octanol–water partition coefficient (Wildman–Crippen LogP) is -2.44. The van der Waals surface area contributed by atoms with Gasteiger partial charge in [0.1, 0.15) is 0 Å². The number of carbonyl (C=O) groups is 1. The fourth-order valence-corrected chi connectivity index (χ4v) is 1.92. The summed E-state index contributed by atoms with van der Waals surface area (Å²) in [5.41, 5.74) is 8.15. The van der Waals surface area contributed by atoms with E-state index in [1.165, 1.54) is 0 Å². The summed E-state index contributed by atoms with van der Waals surface area (Å²) in [6.45, 7) is 1.59. The van der Waals surface area contributed by atoms with Gasteiger partial charge in [0.15, 0.2) is 0 Å². The van der Waals surface area contributed by atoms with Crippen molar-refractivity contribution in [1.29, 1.82) is 0 Å². The first-order valence-corrected chi connectivity index (χ1v) is 4.48.